The van der Waals surface area contributed by atoms with E-state index >= 15 is 0 Å². The summed E-state index contributed by atoms with van der Waals surface area (Å²) in [6.45, 7) is 4.01. The van der Waals surface area contributed by atoms with Crippen molar-refractivity contribution in [1.29, 1.82) is 0 Å². The average molecular weight is 262 g/mol. The Morgan fingerprint density at radius 2 is 1.89 bits per heavy atom. The zero-order valence-electron chi connectivity index (χ0n) is 10.8. The van der Waals surface area contributed by atoms with Crippen LogP contribution in [0, 0.1) is 13.8 Å². The highest BCUT2D eigenvalue weighted by atomic mass is 35.5. The van der Waals surface area contributed by atoms with E-state index in [-0.39, 0.29) is 0 Å². The number of hydrogen-bond acceptors (Lipinski definition) is 3. The molecule has 94 valence electrons. The quantitative estimate of drug-likeness (QED) is 0.920. The number of aryl methyl sites for hydroxylation is 1. The molecule has 0 aliphatic carbocycles. The van der Waals surface area contributed by atoms with Gasteiger partial charge >= 0.3 is 0 Å². The van der Waals surface area contributed by atoms with Gasteiger partial charge in [0.2, 0.25) is 0 Å². The number of anilines is 1. The summed E-state index contributed by atoms with van der Waals surface area (Å²) in [6, 6.07) is 7.78. The minimum absolute atomic E-state index is 0.648. The normalized spacial score (nSPS) is 10.4. The largest absolute Gasteiger partial charge is 0.373 e. The van der Waals surface area contributed by atoms with Crippen LogP contribution in [0.25, 0.3) is 0 Å². The van der Waals surface area contributed by atoms with Crippen molar-refractivity contribution in [2.24, 2.45) is 0 Å². The number of rotatable bonds is 3. The molecule has 1 aromatic carbocycles. The zero-order valence-corrected chi connectivity index (χ0v) is 11.5. The molecule has 0 spiro atoms. The van der Waals surface area contributed by atoms with Gasteiger partial charge in [0.1, 0.15) is 11.6 Å². The van der Waals surface area contributed by atoms with Crippen LogP contribution in [0.2, 0.25) is 5.02 Å². The van der Waals surface area contributed by atoms with Gasteiger partial charge in [-0.25, -0.2) is 9.97 Å². The van der Waals surface area contributed by atoms with E-state index in [2.05, 4.69) is 15.3 Å². The fraction of sp³-hybridized carbons (Fsp3) is 0.286. The first-order valence-electron chi connectivity index (χ1n) is 5.87. The van der Waals surface area contributed by atoms with Crippen LogP contribution in [0.3, 0.4) is 0 Å². The molecule has 0 unspecified atom stereocenters. The summed E-state index contributed by atoms with van der Waals surface area (Å²) < 4.78 is 0. The van der Waals surface area contributed by atoms with E-state index in [1.54, 1.807) is 0 Å². The number of nitrogens with one attached hydrogen (secondary N) is 1. The van der Waals surface area contributed by atoms with E-state index in [4.69, 9.17) is 11.6 Å². The molecule has 1 N–H and O–H groups in total. The van der Waals surface area contributed by atoms with Crippen molar-refractivity contribution in [2.75, 3.05) is 12.4 Å². The van der Waals surface area contributed by atoms with E-state index in [0.29, 0.717) is 6.42 Å². The van der Waals surface area contributed by atoms with Crippen molar-refractivity contribution < 1.29 is 0 Å². The molecule has 0 saturated carbocycles. The highest BCUT2D eigenvalue weighted by Gasteiger charge is 2.08. The van der Waals surface area contributed by atoms with Gasteiger partial charge in [0.15, 0.2) is 0 Å². The standard InChI is InChI=1S/C14H16ClN3/c1-9-10(2)17-13(18-14(9)16-3)8-11-6-4-5-7-12(11)15/h4-7H,8H2,1-3H3,(H,16,17,18). The first-order valence-corrected chi connectivity index (χ1v) is 6.25. The second-order valence-electron chi connectivity index (χ2n) is 4.22. The zero-order chi connectivity index (χ0) is 13.1. The van der Waals surface area contributed by atoms with Crippen LogP contribution in [0.5, 0.6) is 0 Å². The monoisotopic (exact) mass is 261 g/mol. The topological polar surface area (TPSA) is 37.8 Å². The molecule has 2 rings (SSSR count). The van der Waals surface area contributed by atoms with E-state index in [9.17, 15) is 0 Å². The summed E-state index contributed by atoms with van der Waals surface area (Å²) in [5.74, 6) is 1.67. The number of hydrogen-bond donors (Lipinski definition) is 1. The summed E-state index contributed by atoms with van der Waals surface area (Å²) in [4.78, 5) is 9.02. The van der Waals surface area contributed by atoms with Crippen molar-refractivity contribution in [3.63, 3.8) is 0 Å². The van der Waals surface area contributed by atoms with Crippen molar-refractivity contribution in [2.45, 2.75) is 20.3 Å². The summed E-state index contributed by atoms with van der Waals surface area (Å²) in [5.41, 5.74) is 3.13. The fourth-order valence-electron chi connectivity index (χ4n) is 1.82. The summed E-state index contributed by atoms with van der Waals surface area (Å²) >= 11 is 6.15. The number of halogens is 1. The molecule has 0 radical (unpaired) electrons. The van der Waals surface area contributed by atoms with Crippen LogP contribution < -0.4 is 5.32 Å². The maximum Gasteiger partial charge on any atom is 0.135 e. The first-order chi connectivity index (χ1) is 8.61. The highest BCUT2D eigenvalue weighted by Crippen LogP contribution is 2.20. The molecule has 2 aromatic rings. The third-order valence-corrected chi connectivity index (χ3v) is 3.35. The average Bonchev–Trinajstić information content (AvgIpc) is 2.36. The van der Waals surface area contributed by atoms with Crippen LogP contribution in [-0.2, 0) is 6.42 Å². The number of nitrogens with zero attached hydrogens (tertiary/aromatic N) is 2. The van der Waals surface area contributed by atoms with E-state index in [1.165, 1.54) is 0 Å². The van der Waals surface area contributed by atoms with Crippen molar-refractivity contribution in [3.05, 3.63) is 51.9 Å². The van der Waals surface area contributed by atoms with Gasteiger partial charge in [-0.2, -0.15) is 0 Å². The summed E-state index contributed by atoms with van der Waals surface area (Å²) in [7, 11) is 1.87. The van der Waals surface area contributed by atoms with Gasteiger partial charge in [-0.1, -0.05) is 29.8 Å². The molecule has 0 aliphatic heterocycles. The molecule has 1 aromatic heterocycles. The Labute approximate surface area is 112 Å². The molecule has 4 heteroatoms. The van der Waals surface area contributed by atoms with Crippen LogP contribution >= 0.6 is 11.6 Å². The Kier molecular flexibility index (Phi) is 3.82. The molecule has 0 saturated heterocycles. The maximum absolute atomic E-state index is 6.15. The minimum atomic E-state index is 0.648. The lowest BCUT2D eigenvalue weighted by Crippen LogP contribution is -2.06. The van der Waals surface area contributed by atoms with Crippen molar-refractivity contribution >= 4 is 17.4 Å². The minimum Gasteiger partial charge on any atom is -0.373 e. The Morgan fingerprint density at radius 3 is 2.56 bits per heavy atom. The van der Waals surface area contributed by atoms with Crippen LogP contribution in [0.1, 0.15) is 22.6 Å². The third kappa shape index (κ3) is 2.62. The summed E-state index contributed by atoms with van der Waals surface area (Å²) in [6.07, 6.45) is 0.648. The van der Waals surface area contributed by atoms with Crippen LogP contribution in [0.4, 0.5) is 5.82 Å². The summed E-state index contributed by atoms with van der Waals surface area (Å²) in [5, 5.41) is 3.85. The molecule has 0 fully saturated rings. The fourth-order valence-corrected chi connectivity index (χ4v) is 2.02. The molecule has 0 atom stereocenters. The Morgan fingerprint density at radius 1 is 1.17 bits per heavy atom. The smallest absolute Gasteiger partial charge is 0.135 e. The Bertz CT molecular complexity index is 567. The van der Waals surface area contributed by atoms with E-state index < -0.39 is 0 Å². The number of benzene rings is 1. The van der Waals surface area contributed by atoms with Crippen LogP contribution in [-0.4, -0.2) is 17.0 Å². The van der Waals surface area contributed by atoms with Crippen molar-refractivity contribution in [1.82, 2.24) is 9.97 Å². The van der Waals surface area contributed by atoms with Gasteiger partial charge in [-0.15, -0.1) is 0 Å². The lowest BCUT2D eigenvalue weighted by atomic mass is 10.1. The van der Waals surface area contributed by atoms with Crippen molar-refractivity contribution in [3.8, 4) is 0 Å². The second kappa shape index (κ2) is 5.36. The lowest BCUT2D eigenvalue weighted by Gasteiger charge is -2.10. The molecule has 18 heavy (non-hydrogen) atoms. The molecule has 0 bridgehead atoms. The molecule has 0 aliphatic rings. The third-order valence-electron chi connectivity index (χ3n) is 2.98. The Balaban J connectivity index is 2.36. The van der Waals surface area contributed by atoms with Gasteiger partial charge in [0.05, 0.1) is 0 Å². The van der Waals surface area contributed by atoms with Gasteiger partial charge < -0.3 is 5.32 Å². The second-order valence-corrected chi connectivity index (χ2v) is 4.62. The van der Waals surface area contributed by atoms with Gasteiger partial charge in [0.25, 0.3) is 0 Å². The van der Waals surface area contributed by atoms with Gasteiger partial charge in [0, 0.05) is 29.7 Å². The predicted octanol–water partition coefficient (Wildman–Crippen LogP) is 3.38. The first kappa shape index (κ1) is 12.8. The molecule has 1 heterocycles. The molecular formula is C14H16ClN3. The van der Waals surface area contributed by atoms with Gasteiger partial charge in [-0.05, 0) is 25.5 Å². The van der Waals surface area contributed by atoms with Crippen LogP contribution in [0.15, 0.2) is 24.3 Å². The molecule has 3 nitrogen and oxygen atoms in total. The van der Waals surface area contributed by atoms with E-state index in [1.807, 2.05) is 45.2 Å². The SMILES string of the molecule is CNc1nc(Cc2ccccc2Cl)nc(C)c1C. The Hall–Kier alpha value is -1.61. The molecular weight excluding hydrogens is 246 g/mol. The number of aromatic nitrogens is 2. The molecule has 0 amide bonds. The van der Waals surface area contributed by atoms with Gasteiger partial charge in [-0.3, -0.25) is 0 Å². The van der Waals surface area contributed by atoms with E-state index in [0.717, 1.165) is 33.5 Å². The maximum atomic E-state index is 6.15. The highest BCUT2D eigenvalue weighted by molar-refractivity contribution is 6.31. The predicted molar refractivity (Wildman–Crippen MR) is 75.3 cm³/mol. The lowest BCUT2D eigenvalue weighted by molar-refractivity contribution is 0.929.